The molecular formula is C65H84N8O11. The molecule has 0 unspecified atom stereocenters. The molecule has 0 radical (unpaired) electrons. The number of rotatable bonds is 27. The van der Waals surface area contributed by atoms with Gasteiger partial charge in [0.15, 0.2) is 0 Å². The van der Waals surface area contributed by atoms with E-state index in [2.05, 4.69) is 69.4 Å². The van der Waals surface area contributed by atoms with Crippen molar-refractivity contribution in [3.63, 3.8) is 0 Å². The number of carbonyl (C=O) groups excluding carboxylic acids is 6. The Kier molecular flexibility index (Phi) is 24.0. The zero-order valence-electron chi connectivity index (χ0n) is 50.5. The van der Waals surface area contributed by atoms with Gasteiger partial charge < -0.3 is 51.8 Å². The number of carboxylic acid groups (broad SMARTS) is 2. The first kappa shape index (κ1) is 66.5. The predicted molar refractivity (Wildman–Crippen MR) is 323 cm³/mol. The Bertz CT molecular complexity index is 3100. The summed E-state index contributed by atoms with van der Waals surface area (Å²) >= 11 is 0. The fourth-order valence-corrected chi connectivity index (χ4v) is 9.85. The number of ether oxygens (including phenoxy) is 1. The lowest BCUT2D eigenvalue weighted by Crippen LogP contribution is -2.59. The second kappa shape index (κ2) is 30.3. The van der Waals surface area contributed by atoms with Crippen molar-refractivity contribution in [2.45, 2.75) is 150 Å². The normalized spacial score (nSPS) is 14.2. The van der Waals surface area contributed by atoms with E-state index < -0.39 is 71.6 Å². The zero-order valence-corrected chi connectivity index (χ0v) is 50.5. The molecule has 4 aromatic carbocycles. The summed E-state index contributed by atoms with van der Waals surface area (Å²) in [5.74, 6) is 1.36. The van der Waals surface area contributed by atoms with Crippen LogP contribution in [0.4, 0.5) is 16.2 Å². The Morgan fingerprint density at radius 3 is 2.02 bits per heavy atom. The number of fused-ring (bicyclic) bond motifs is 2. The monoisotopic (exact) mass is 1150 g/mol. The van der Waals surface area contributed by atoms with Crippen LogP contribution in [0.3, 0.4) is 0 Å². The molecule has 0 bridgehead atoms. The van der Waals surface area contributed by atoms with E-state index in [9.17, 15) is 48.6 Å². The largest absolute Gasteiger partial charge is 0.481 e. The standard InChI is InChI=1S/C65H84N8O11/c1-40(2)52(34-42(5)62(81)82)72(12)38-53(64(6,7)8)70-61(80)58(66-11)65(9,10)48-22-17-18-44(35-48)36-67-63(83)84-39-43-24-28-49(29-25-43)68-59(78)50(30-33-56(76)77)69-60(79)57(41(3)4)71-54(74)31-32-55(75)73-37-47-21-14-13-19-45(47)26-27-46-20-15-16-23-51(46)73/h13-25,28-29,34-35,40-41,50,52-53,57-58,66H,30-33,36-39H2,1-12H3,(H,67,83)(H,68,78)(H,69,79)(H,70,80)(H,71,74)(H,76,77)(H,81,82)/b42-34+/t50-,52+,53+,57-,58-/m0/s1. The molecule has 19 heteroatoms. The van der Waals surface area contributed by atoms with Crippen LogP contribution in [0.25, 0.3) is 0 Å². The van der Waals surface area contributed by atoms with Gasteiger partial charge in [-0.05, 0) is 97.3 Å². The maximum absolute atomic E-state index is 14.2. The van der Waals surface area contributed by atoms with Gasteiger partial charge in [0, 0.05) is 72.2 Å². The topological polar surface area (TPSA) is 265 Å². The summed E-state index contributed by atoms with van der Waals surface area (Å²) in [7, 11) is 3.68. The molecule has 8 N–H and O–H groups in total. The van der Waals surface area contributed by atoms with E-state index in [1.807, 2.05) is 101 Å². The fraction of sp³-hybridized carbons (Fsp3) is 0.446. The number of hydrogen-bond acceptors (Lipinski definition) is 11. The Balaban J connectivity index is 1.13. The lowest BCUT2D eigenvalue weighted by Gasteiger charge is -2.40. The zero-order chi connectivity index (χ0) is 62.1. The molecule has 0 saturated heterocycles. The van der Waals surface area contributed by atoms with Crippen LogP contribution < -0.4 is 36.8 Å². The molecule has 0 fully saturated rings. The minimum Gasteiger partial charge on any atom is -0.481 e. The Labute approximate surface area is 494 Å². The highest BCUT2D eigenvalue weighted by Crippen LogP contribution is 2.31. The third kappa shape index (κ3) is 19.1. The second-order valence-electron chi connectivity index (χ2n) is 23.7. The van der Waals surface area contributed by atoms with Gasteiger partial charge in [-0.25, -0.2) is 9.59 Å². The highest BCUT2D eigenvalue weighted by atomic mass is 16.5. The SMILES string of the molecule is CN[C@@H](C(=O)N[C@H](CN(C)[C@H](/C=C(\C)C(=O)O)C(C)C)C(C)(C)C)C(C)(C)c1cccc(CNC(=O)OCc2ccc(NC(=O)[C@H](CCC(=O)O)NC(=O)[C@@H](NC(=O)CCC(=O)N3Cc4ccccc4C#Cc4ccccc43)C(C)C)cc2)c1. The molecule has 0 aliphatic carbocycles. The fourth-order valence-electron chi connectivity index (χ4n) is 9.85. The number of amides is 6. The first-order chi connectivity index (χ1) is 39.6. The van der Waals surface area contributed by atoms with E-state index in [-0.39, 0.29) is 79.8 Å². The lowest BCUT2D eigenvalue weighted by molar-refractivity contribution is -0.138. The first-order valence-electron chi connectivity index (χ1n) is 28.4. The minimum atomic E-state index is -1.30. The number of carbonyl (C=O) groups is 8. The number of carboxylic acids is 2. The molecule has 4 aromatic rings. The van der Waals surface area contributed by atoms with Crippen molar-refractivity contribution >= 4 is 58.9 Å². The van der Waals surface area contributed by atoms with Crippen LogP contribution in [0, 0.1) is 29.1 Å². The van der Waals surface area contributed by atoms with Crippen LogP contribution in [0.15, 0.2) is 109 Å². The van der Waals surface area contributed by atoms with Crippen LogP contribution in [-0.2, 0) is 63.4 Å². The van der Waals surface area contributed by atoms with E-state index >= 15 is 0 Å². The summed E-state index contributed by atoms with van der Waals surface area (Å²) in [6, 6.07) is 25.3. The Morgan fingerprint density at radius 1 is 0.738 bits per heavy atom. The summed E-state index contributed by atoms with van der Waals surface area (Å²) < 4.78 is 5.51. The summed E-state index contributed by atoms with van der Waals surface area (Å²) in [5.41, 5.74) is 4.67. The average molecular weight is 1150 g/mol. The number of hydrogen-bond donors (Lipinski definition) is 8. The number of benzene rings is 4. The van der Waals surface area contributed by atoms with Gasteiger partial charge >= 0.3 is 18.0 Å². The van der Waals surface area contributed by atoms with Gasteiger partial charge in [-0.2, -0.15) is 0 Å². The maximum Gasteiger partial charge on any atom is 0.407 e. The Hall–Kier alpha value is -8.34. The number of anilines is 2. The van der Waals surface area contributed by atoms with Gasteiger partial charge in [-0.3, -0.25) is 33.7 Å². The Morgan fingerprint density at radius 2 is 1.39 bits per heavy atom. The second-order valence-corrected chi connectivity index (χ2v) is 23.7. The summed E-state index contributed by atoms with van der Waals surface area (Å²) in [6.45, 7) is 19.9. The summed E-state index contributed by atoms with van der Waals surface area (Å²) in [4.78, 5) is 109. The van der Waals surface area contributed by atoms with Crippen molar-refractivity contribution in [1.29, 1.82) is 0 Å². The van der Waals surface area contributed by atoms with Crippen LogP contribution >= 0.6 is 0 Å². The molecule has 0 spiro atoms. The average Bonchev–Trinajstić information content (AvgIpc) is 3.59. The summed E-state index contributed by atoms with van der Waals surface area (Å²) in [5, 5.41) is 36.4. The molecule has 0 saturated carbocycles. The van der Waals surface area contributed by atoms with E-state index in [1.165, 1.54) is 0 Å². The highest BCUT2D eigenvalue weighted by Gasteiger charge is 2.39. The quantitative estimate of drug-likeness (QED) is 0.0211. The summed E-state index contributed by atoms with van der Waals surface area (Å²) in [6.07, 6.45) is -0.0203. The van der Waals surface area contributed by atoms with Crippen molar-refractivity contribution < 1.29 is 53.3 Å². The molecule has 0 aromatic heterocycles. The molecule has 1 heterocycles. The van der Waals surface area contributed by atoms with Gasteiger partial charge in [-0.15, -0.1) is 0 Å². The molecule has 450 valence electrons. The van der Waals surface area contributed by atoms with Crippen molar-refractivity contribution in [3.8, 4) is 11.8 Å². The molecule has 5 atom stereocenters. The van der Waals surface area contributed by atoms with Gasteiger partial charge in [-0.1, -0.05) is 147 Å². The van der Waals surface area contributed by atoms with Gasteiger partial charge in [0.2, 0.25) is 29.5 Å². The minimum absolute atomic E-state index is 0.113. The number of nitrogens with zero attached hydrogens (tertiary/aromatic N) is 2. The number of likely N-dealkylation sites (N-methyl/N-ethyl adjacent to an activating group) is 2. The molecule has 1 aliphatic rings. The molecule has 84 heavy (non-hydrogen) atoms. The van der Waals surface area contributed by atoms with Gasteiger partial charge in [0.05, 0.1) is 18.3 Å². The van der Waals surface area contributed by atoms with Crippen LogP contribution in [0.5, 0.6) is 0 Å². The maximum atomic E-state index is 14.2. The van der Waals surface area contributed by atoms with Crippen molar-refractivity contribution in [1.82, 2.24) is 31.5 Å². The van der Waals surface area contributed by atoms with E-state index in [0.717, 1.165) is 22.3 Å². The molecule has 6 amide bonds. The van der Waals surface area contributed by atoms with E-state index in [1.54, 1.807) is 69.1 Å². The predicted octanol–water partition coefficient (Wildman–Crippen LogP) is 7.65. The number of para-hydroxylation sites is 1. The van der Waals surface area contributed by atoms with Crippen LogP contribution in [0.2, 0.25) is 0 Å². The van der Waals surface area contributed by atoms with E-state index in [0.29, 0.717) is 29.0 Å². The van der Waals surface area contributed by atoms with Crippen molar-refractivity contribution in [2.24, 2.45) is 17.3 Å². The first-order valence-corrected chi connectivity index (χ1v) is 28.4. The van der Waals surface area contributed by atoms with Gasteiger partial charge in [0.25, 0.3) is 0 Å². The third-order valence-corrected chi connectivity index (χ3v) is 15.0. The van der Waals surface area contributed by atoms with Gasteiger partial charge in [0.1, 0.15) is 18.7 Å². The van der Waals surface area contributed by atoms with Crippen molar-refractivity contribution in [3.05, 3.63) is 142 Å². The number of alkyl carbamates (subject to hydrolysis) is 1. The molecule has 5 rings (SSSR count). The van der Waals surface area contributed by atoms with E-state index in [4.69, 9.17) is 4.74 Å². The third-order valence-electron chi connectivity index (χ3n) is 15.0. The molecule has 19 nitrogen and oxygen atoms in total. The lowest BCUT2D eigenvalue weighted by atomic mass is 9.76. The molecular weight excluding hydrogens is 1070 g/mol. The number of nitrogens with one attached hydrogen (secondary N) is 6. The molecule has 1 aliphatic heterocycles. The number of aliphatic carboxylic acids is 2. The highest BCUT2D eigenvalue weighted by molar-refractivity contribution is 6.00. The van der Waals surface area contributed by atoms with Crippen LogP contribution in [-0.4, -0.2) is 114 Å². The van der Waals surface area contributed by atoms with Crippen LogP contribution in [0.1, 0.15) is 128 Å². The smallest absolute Gasteiger partial charge is 0.407 e. The van der Waals surface area contributed by atoms with Crippen molar-refractivity contribution in [2.75, 3.05) is 30.9 Å².